The highest BCUT2D eigenvalue weighted by Gasteiger charge is 2.18. The average Bonchev–Trinajstić information content (AvgIpc) is 3.42. The second kappa shape index (κ2) is 8.99. The molecule has 0 saturated carbocycles. The highest BCUT2D eigenvalue weighted by atomic mass is 35.5. The summed E-state index contributed by atoms with van der Waals surface area (Å²) < 4.78 is 11.3. The fraction of sp³-hybridized carbons (Fsp3) is 0.235. The molecular formula is C17H15ClN4O3S3. The number of nitrogens with zero attached hydrogens (tertiary/aromatic N) is 2. The number of hydrogen-bond acceptors (Lipinski definition) is 9. The molecule has 28 heavy (non-hydrogen) atoms. The third-order valence-corrected chi connectivity index (χ3v) is 6.96. The van der Waals surface area contributed by atoms with E-state index in [1.165, 1.54) is 28.0 Å². The summed E-state index contributed by atoms with van der Waals surface area (Å²) in [5.41, 5.74) is 0.490. The molecule has 0 saturated heterocycles. The van der Waals surface area contributed by atoms with E-state index in [1.54, 1.807) is 23.5 Å². The fourth-order valence-corrected chi connectivity index (χ4v) is 4.90. The molecule has 4 rings (SSSR count). The Morgan fingerprint density at radius 1 is 1.29 bits per heavy atom. The third-order valence-electron chi connectivity index (χ3n) is 3.70. The summed E-state index contributed by atoms with van der Waals surface area (Å²) in [7, 11) is 0. The van der Waals surface area contributed by atoms with Gasteiger partial charge in [0.25, 0.3) is 0 Å². The van der Waals surface area contributed by atoms with Crippen LogP contribution < -0.4 is 20.1 Å². The van der Waals surface area contributed by atoms with Gasteiger partial charge in [-0.15, -0.1) is 21.5 Å². The minimum absolute atomic E-state index is 0.152. The number of amides is 1. The fourth-order valence-electron chi connectivity index (χ4n) is 2.41. The van der Waals surface area contributed by atoms with Crippen molar-refractivity contribution in [3.63, 3.8) is 0 Å². The van der Waals surface area contributed by atoms with Crippen molar-refractivity contribution in [2.75, 3.05) is 29.7 Å². The topological polar surface area (TPSA) is 85.4 Å². The first-order valence-corrected chi connectivity index (χ1v) is 11.3. The number of nitrogens with one attached hydrogen (secondary N) is 2. The summed E-state index contributed by atoms with van der Waals surface area (Å²) >= 11 is 10.7. The number of fused-ring (bicyclic) bond motifs is 1. The number of thioether (sulfide) groups is 1. The normalized spacial score (nSPS) is 12.2. The van der Waals surface area contributed by atoms with Crippen LogP contribution in [0, 0.1) is 0 Å². The number of anilines is 2. The molecule has 1 amide bonds. The van der Waals surface area contributed by atoms with Crippen LogP contribution in [0.25, 0.3) is 0 Å². The molecule has 0 spiro atoms. The second-order valence-corrected chi connectivity index (χ2v) is 9.29. The van der Waals surface area contributed by atoms with Gasteiger partial charge in [0.1, 0.15) is 0 Å². The summed E-state index contributed by atoms with van der Waals surface area (Å²) in [5, 5.41) is 17.5. The van der Waals surface area contributed by atoms with Gasteiger partial charge in [-0.25, -0.2) is 0 Å². The molecule has 0 aliphatic carbocycles. The van der Waals surface area contributed by atoms with Gasteiger partial charge in [-0.1, -0.05) is 40.8 Å². The van der Waals surface area contributed by atoms with E-state index in [9.17, 15) is 4.79 Å². The number of ether oxygens (including phenoxy) is 2. The lowest BCUT2D eigenvalue weighted by Crippen LogP contribution is -2.14. The number of aromatic nitrogens is 2. The summed E-state index contributed by atoms with van der Waals surface area (Å²) in [5.74, 6) is 1.16. The van der Waals surface area contributed by atoms with Crippen LogP contribution in [0.15, 0.2) is 34.0 Å². The van der Waals surface area contributed by atoms with Gasteiger partial charge in [0.2, 0.25) is 17.8 Å². The third kappa shape index (κ3) is 4.88. The van der Waals surface area contributed by atoms with E-state index in [2.05, 4.69) is 32.3 Å². The zero-order chi connectivity index (χ0) is 19.3. The molecule has 1 aliphatic heterocycles. The Balaban J connectivity index is 1.24. The summed E-state index contributed by atoms with van der Waals surface area (Å²) in [4.78, 5) is 13.6. The van der Waals surface area contributed by atoms with Crippen LogP contribution in [0.4, 0.5) is 10.8 Å². The number of benzene rings is 1. The van der Waals surface area contributed by atoms with Crippen molar-refractivity contribution >= 4 is 62.8 Å². The largest absolute Gasteiger partial charge is 0.454 e. The van der Waals surface area contributed by atoms with Crippen LogP contribution in [0.1, 0.15) is 4.88 Å². The molecular weight excluding hydrogens is 440 g/mol. The van der Waals surface area contributed by atoms with Gasteiger partial charge >= 0.3 is 0 Å². The molecule has 2 N–H and O–H groups in total. The van der Waals surface area contributed by atoms with Gasteiger partial charge in [0.05, 0.1) is 16.5 Å². The lowest BCUT2D eigenvalue weighted by atomic mass is 10.2. The molecule has 0 radical (unpaired) electrons. The lowest BCUT2D eigenvalue weighted by molar-refractivity contribution is -0.113. The van der Waals surface area contributed by atoms with E-state index in [-0.39, 0.29) is 18.5 Å². The first-order chi connectivity index (χ1) is 13.7. The molecule has 1 aliphatic rings. The molecule has 11 heteroatoms. The van der Waals surface area contributed by atoms with Crippen LogP contribution >= 0.6 is 46.0 Å². The first-order valence-electron chi connectivity index (χ1n) is 8.29. The maximum Gasteiger partial charge on any atom is 0.234 e. The zero-order valence-corrected chi connectivity index (χ0v) is 17.6. The van der Waals surface area contributed by atoms with Gasteiger partial charge in [0, 0.05) is 23.6 Å². The summed E-state index contributed by atoms with van der Waals surface area (Å²) in [6.07, 6.45) is 0.943. The summed E-state index contributed by atoms with van der Waals surface area (Å²) in [6.45, 7) is 0.947. The van der Waals surface area contributed by atoms with E-state index >= 15 is 0 Å². The van der Waals surface area contributed by atoms with E-state index in [1.807, 2.05) is 6.07 Å². The number of carbonyl (C=O) groups excluding carboxylic acids is 1. The predicted octanol–water partition coefficient (Wildman–Crippen LogP) is 4.37. The van der Waals surface area contributed by atoms with Crippen molar-refractivity contribution in [3.8, 4) is 11.5 Å². The highest BCUT2D eigenvalue weighted by molar-refractivity contribution is 8.01. The minimum Gasteiger partial charge on any atom is -0.454 e. The van der Waals surface area contributed by atoms with Gasteiger partial charge in [-0.3, -0.25) is 4.79 Å². The summed E-state index contributed by atoms with van der Waals surface area (Å²) in [6, 6.07) is 7.44. The number of thiophene rings is 1. The van der Waals surface area contributed by atoms with Crippen molar-refractivity contribution in [1.82, 2.24) is 10.2 Å². The highest BCUT2D eigenvalue weighted by Crippen LogP contribution is 2.39. The van der Waals surface area contributed by atoms with Crippen molar-refractivity contribution in [2.24, 2.45) is 0 Å². The number of rotatable bonds is 8. The van der Waals surface area contributed by atoms with Gasteiger partial charge in [-0.05, 0) is 17.9 Å². The van der Waals surface area contributed by atoms with Gasteiger partial charge in [-0.2, -0.15) is 0 Å². The van der Waals surface area contributed by atoms with Gasteiger partial charge < -0.3 is 20.1 Å². The predicted molar refractivity (Wildman–Crippen MR) is 113 cm³/mol. The van der Waals surface area contributed by atoms with Gasteiger partial charge in [0.15, 0.2) is 15.8 Å². The monoisotopic (exact) mass is 454 g/mol. The molecule has 0 atom stereocenters. The Hall–Kier alpha value is -2.01. The maximum atomic E-state index is 12.2. The standard InChI is InChI=1S/C17H15ClN4O3S3/c18-11-6-13-14(25-9-24-13)7-12(11)20-15(23)8-27-17-22-21-16(28-17)19-4-3-10-2-1-5-26-10/h1-2,5-7H,3-4,8-9H2,(H,19,21)(H,20,23). The molecule has 1 aromatic carbocycles. The van der Waals surface area contributed by atoms with Crippen LogP contribution in [0.3, 0.4) is 0 Å². The smallest absolute Gasteiger partial charge is 0.234 e. The Bertz CT molecular complexity index is 965. The molecule has 2 aromatic heterocycles. The number of halogens is 1. The molecule has 3 heterocycles. The number of hydrogen-bond donors (Lipinski definition) is 2. The number of carbonyl (C=O) groups is 1. The lowest BCUT2D eigenvalue weighted by Gasteiger charge is -2.07. The minimum atomic E-state index is -0.187. The van der Waals surface area contributed by atoms with Crippen molar-refractivity contribution in [2.45, 2.75) is 10.8 Å². The Morgan fingerprint density at radius 2 is 2.14 bits per heavy atom. The second-order valence-electron chi connectivity index (χ2n) is 5.65. The Morgan fingerprint density at radius 3 is 2.96 bits per heavy atom. The van der Waals surface area contributed by atoms with Crippen LogP contribution in [-0.4, -0.2) is 35.2 Å². The van der Waals surface area contributed by atoms with Crippen molar-refractivity contribution in [3.05, 3.63) is 39.5 Å². The van der Waals surface area contributed by atoms with Crippen LogP contribution in [0.2, 0.25) is 5.02 Å². The van der Waals surface area contributed by atoms with E-state index in [0.717, 1.165) is 22.4 Å². The molecule has 0 fully saturated rings. The van der Waals surface area contributed by atoms with Crippen LogP contribution in [-0.2, 0) is 11.2 Å². The van der Waals surface area contributed by atoms with Crippen LogP contribution in [0.5, 0.6) is 11.5 Å². The Labute approximate surface area is 178 Å². The zero-order valence-electron chi connectivity index (χ0n) is 14.4. The van der Waals surface area contributed by atoms with E-state index < -0.39 is 0 Å². The maximum absolute atomic E-state index is 12.2. The van der Waals surface area contributed by atoms with Crippen molar-refractivity contribution in [1.29, 1.82) is 0 Å². The molecule has 0 bridgehead atoms. The quantitative estimate of drug-likeness (QED) is 0.489. The Kier molecular flexibility index (Phi) is 6.20. The average molecular weight is 455 g/mol. The van der Waals surface area contributed by atoms with Crippen molar-refractivity contribution < 1.29 is 14.3 Å². The van der Waals surface area contributed by atoms with E-state index in [0.29, 0.717) is 22.2 Å². The molecule has 0 unspecified atom stereocenters. The SMILES string of the molecule is O=C(CSc1nnc(NCCc2cccs2)s1)Nc1cc2c(cc1Cl)OCO2. The molecule has 7 nitrogen and oxygen atoms in total. The van der Waals surface area contributed by atoms with E-state index in [4.69, 9.17) is 21.1 Å². The first kappa shape index (κ1) is 19.3. The molecule has 3 aromatic rings. The molecule has 146 valence electrons.